The number of ether oxygens (including phenoxy) is 1. The Kier molecular flexibility index (Phi) is 7.51. The summed E-state index contributed by atoms with van der Waals surface area (Å²) >= 11 is 13.3. The van der Waals surface area contributed by atoms with Gasteiger partial charge >= 0.3 is 5.97 Å². The van der Waals surface area contributed by atoms with Gasteiger partial charge in [0.2, 0.25) is 22.8 Å². The van der Waals surface area contributed by atoms with Crippen LogP contribution < -0.4 is 9.46 Å². The maximum atomic E-state index is 11.4. The van der Waals surface area contributed by atoms with E-state index in [0.29, 0.717) is 17.0 Å². The highest BCUT2D eigenvalue weighted by Gasteiger charge is 2.29. The Bertz CT molecular complexity index is 844. The van der Waals surface area contributed by atoms with E-state index in [2.05, 4.69) is 20.7 Å². The minimum Gasteiger partial charge on any atom is -0.502 e. The number of aromatic hydroxyl groups is 1. The lowest BCUT2D eigenvalue weighted by atomic mass is 10.1. The van der Waals surface area contributed by atoms with Crippen LogP contribution in [0.4, 0.5) is 0 Å². The van der Waals surface area contributed by atoms with Crippen molar-refractivity contribution in [2.24, 2.45) is 0 Å². The Hall–Kier alpha value is -1.10. The van der Waals surface area contributed by atoms with Crippen LogP contribution >= 0.6 is 39.1 Å². The SMILES string of the molecule is CC(=O)Oc1c(C(Br)CCNS(=O)O)oc(-c2cc(Cl)ccc2Cl)c1O. The smallest absolute Gasteiger partial charge is 0.308 e. The van der Waals surface area contributed by atoms with E-state index >= 15 is 0 Å². The topological polar surface area (TPSA) is 109 Å². The molecule has 0 saturated carbocycles. The van der Waals surface area contributed by atoms with Gasteiger partial charge in [0.05, 0.1) is 9.85 Å². The Balaban J connectivity index is 2.45. The Morgan fingerprint density at radius 1 is 1.46 bits per heavy atom. The molecule has 0 amide bonds. The van der Waals surface area contributed by atoms with Crippen LogP contribution in [0.5, 0.6) is 11.5 Å². The second kappa shape index (κ2) is 9.20. The summed E-state index contributed by atoms with van der Waals surface area (Å²) in [5, 5.41) is 11.1. The van der Waals surface area contributed by atoms with Crippen LogP contribution in [-0.4, -0.2) is 26.4 Å². The molecule has 1 aromatic heterocycles. The normalized spacial score (nSPS) is 13.4. The van der Waals surface area contributed by atoms with Crippen molar-refractivity contribution in [1.29, 1.82) is 0 Å². The molecule has 0 aliphatic carbocycles. The second-order valence-electron chi connectivity index (χ2n) is 5.09. The van der Waals surface area contributed by atoms with E-state index in [1.165, 1.54) is 13.0 Å². The van der Waals surface area contributed by atoms with Crippen LogP contribution in [0.1, 0.15) is 23.9 Å². The van der Waals surface area contributed by atoms with Crippen molar-refractivity contribution in [3.05, 3.63) is 34.0 Å². The maximum absolute atomic E-state index is 11.4. The van der Waals surface area contributed by atoms with Crippen LogP contribution in [0.2, 0.25) is 10.0 Å². The number of hydrogen-bond donors (Lipinski definition) is 3. The van der Waals surface area contributed by atoms with E-state index in [9.17, 15) is 14.1 Å². The molecular weight excluding hydrogens is 473 g/mol. The van der Waals surface area contributed by atoms with Gasteiger partial charge in [0.25, 0.3) is 0 Å². The number of nitrogens with one attached hydrogen (secondary N) is 1. The van der Waals surface area contributed by atoms with Crippen LogP contribution in [0.15, 0.2) is 22.6 Å². The van der Waals surface area contributed by atoms with Crippen LogP contribution in [0, 0.1) is 0 Å². The molecular formula is C15H14BrCl2NO6S. The number of benzene rings is 1. The molecule has 2 atom stereocenters. The van der Waals surface area contributed by atoms with Crippen LogP contribution in [0.3, 0.4) is 0 Å². The number of carbonyl (C=O) groups is 1. The first-order chi connectivity index (χ1) is 12.2. The number of hydrogen-bond acceptors (Lipinski definition) is 5. The van der Waals surface area contributed by atoms with Crippen molar-refractivity contribution in [3.8, 4) is 22.8 Å². The average molecular weight is 487 g/mol. The zero-order chi connectivity index (χ0) is 19.4. The van der Waals surface area contributed by atoms with Gasteiger partial charge in [0, 0.05) is 24.1 Å². The molecule has 7 nitrogen and oxygen atoms in total. The molecule has 2 aromatic rings. The fraction of sp³-hybridized carbons (Fsp3) is 0.267. The summed E-state index contributed by atoms with van der Waals surface area (Å²) in [6.45, 7) is 1.34. The maximum Gasteiger partial charge on any atom is 0.308 e. The second-order valence-corrected chi connectivity index (χ2v) is 7.83. The van der Waals surface area contributed by atoms with Gasteiger partial charge in [-0.3, -0.25) is 9.35 Å². The molecule has 0 spiro atoms. The molecule has 0 aliphatic heterocycles. The summed E-state index contributed by atoms with van der Waals surface area (Å²) in [7, 11) is 0. The fourth-order valence-corrected chi connectivity index (χ4v) is 3.33. The average Bonchev–Trinajstić information content (AvgIpc) is 2.86. The molecule has 2 unspecified atom stereocenters. The largest absolute Gasteiger partial charge is 0.502 e. The Morgan fingerprint density at radius 3 is 2.77 bits per heavy atom. The fourth-order valence-electron chi connectivity index (χ4n) is 2.13. The van der Waals surface area contributed by atoms with Gasteiger partial charge in [-0.1, -0.05) is 39.1 Å². The molecule has 142 valence electrons. The summed E-state index contributed by atoms with van der Waals surface area (Å²) in [6.07, 6.45) is 0.302. The third-order valence-corrected chi connectivity index (χ3v) is 5.08. The van der Waals surface area contributed by atoms with Gasteiger partial charge in [-0.05, 0) is 24.6 Å². The van der Waals surface area contributed by atoms with E-state index in [-0.39, 0.29) is 28.8 Å². The molecule has 0 aliphatic rings. The third kappa shape index (κ3) is 5.21. The Labute approximate surface area is 170 Å². The van der Waals surface area contributed by atoms with Gasteiger partial charge in [0.1, 0.15) is 0 Å². The highest BCUT2D eigenvalue weighted by atomic mass is 79.9. The summed E-state index contributed by atoms with van der Waals surface area (Å²) in [4.78, 5) is 10.9. The third-order valence-electron chi connectivity index (χ3n) is 3.19. The predicted molar refractivity (Wildman–Crippen MR) is 102 cm³/mol. The minimum absolute atomic E-state index is 0.00751. The minimum atomic E-state index is -2.16. The molecule has 0 fully saturated rings. The van der Waals surface area contributed by atoms with Crippen molar-refractivity contribution in [2.75, 3.05) is 6.54 Å². The summed E-state index contributed by atoms with van der Waals surface area (Å²) in [5.74, 6) is -1.08. The van der Waals surface area contributed by atoms with Crippen molar-refractivity contribution in [1.82, 2.24) is 4.72 Å². The molecule has 1 heterocycles. The zero-order valence-electron chi connectivity index (χ0n) is 13.3. The monoisotopic (exact) mass is 485 g/mol. The number of rotatable bonds is 7. The van der Waals surface area contributed by atoms with E-state index in [1.807, 2.05) is 0 Å². The standard InChI is InChI=1S/C15H14BrCl2NO6S/c1-7(20)24-15-12(21)13(9-6-8(17)2-3-11(9)18)25-14(15)10(16)4-5-19-26(22)23/h2-3,6,10,19,21H,4-5H2,1H3,(H,22,23). The number of halogens is 3. The van der Waals surface area contributed by atoms with Crippen molar-refractivity contribution >= 4 is 56.4 Å². The molecule has 26 heavy (non-hydrogen) atoms. The number of esters is 1. The predicted octanol–water partition coefficient (Wildman–Crippen LogP) is 4.44. The molecule has 11 heteroatoms. The molecule has 0 bridgehead atoms. The summed E-state index contributed by atoms with van der Waals surface area (Å²) < 4.78 is 32.5. The van der Waals surface area contributed by atoms with Gasteiger partial charge < -0.3 is 14.3 Å². The summed E-state index contributed by atoms with van der Waals surface area (Å²) in [5.41, 5.74) is 0.325. The lowest BCUT2D eigenvalue weighted by Crippen LogP contribution is -2.18. The van der Waals surface area contributed by atoms with Crippen molar-refractivity contribution in [3.63, 3.8) is 0 Å². The first-order valence-corrected chi connectivity index (χ1v) is 9.96. The Morgan fingerprint density at radius 2 is 2.15 bits per heavy atom. The molecule has 0 saturated heterocycles. The van der Waals surface area contributed by atoms with E-state index in [0.717, 1.165) is 0 Å². The molecule has 2 rings (SSSR count). The quantitative estimate of drug-likeness (QED) is 0.303. The zero-order valence-corrected chi connectivity index (χ0v) is 17.2. The van der Waals surface area contributed by atoms with Gasteiger partial charge in [0.15, 0.2) is 11.5 Å². The molecule has 3 N–H and O–H groups in total. The number of alkyl halides is 1. The van der Waals surface area contributed by atoms with Crippen molar-refractivity contribution in [2.45, 2.75) is 18.2 Å². The lowest BCUT2D eigenvalue weighted by Gasteiger charge is -2.08. The molecule has 0 radical (unpaired) electrons. The van der Waals surface area contributed by atoms with E-state index in [1.54, 1.807) is 12.1 Å². The summed E-state index contributed by atoms with van der Waals surface area (Å²) in [6, 6.07) is 4.62. The first kappa shape index (κ1) is 21.2. The highest BCUT2D eigenvalue weighted by Crippen LogP contribution is 2.49. The first-order valence-electron chi connectivity index (χ1n) is 7.18. The van der Waals surface area contributed by atoms with Crippen LogP contribution in [-0.2, 0) is 16.1 Å². The van der Waals surface area contributed by atoms with Gasteiger partial charge in [-0.15, -0.1) is 0 Å². The number of carbonyl (C=O) groups excluding carboxylic acids is 1. The highest BCUT2D eigenvalue weighted by molar-refractivity contribution is 9.09. The van der Waals surface area contributed by atoms with Crippen molar-refractivity contribution < 1.29 is 27.8 Å². The lowest BCUT2D eigenvalue weighted by molar-refractivity contribution is -0.132. The van der Waals surface area contributed by atoms with Crippen LogP contribution in [0.25, 0.3) is 11.3 Å². The molecule has 1 aromatic carbocycles. The van der Waals surface area contributed by atoms with E-state index < -0.39 is 27.8 Å². The van der Waals surface area contributed by atoms with Gasteiger partial charge in [-0.2, -0.15) is 0 Å². The van der Waals surface area contributed by atoms with Gasteiger partial charge in [-0.25, -0.2) is 8.93 Å². The van der Waals surface area contributed by atoms with E-state index in [4.69, 9.17) is 36.9 Å². The number of furan rings is 1.